The van der Waals surface area contributed by atoms with E-state index in [1.807, 2.05) is 66.2 Å². The van der Waals surface area contributed by atoms with Gasteiger partial charge >= 0.3 is 0 Å². The first kappa shape index (κ1) is 17.6. The highest BCUT2D eigenvalue weighted by molar-refractivity contribution is 6.13. The minimum absolute atomic E-state index is 0.857. The van der Waals surface area contributed by atoms with Gasteiger partial charge in [-0.2, -0.15) is 5.10 Å². The van der Waals surface area contributed by atoms with Crippen LogP contribution in [0.25, 0.3) is 5.69 Å². The summed E-state index contributed by atoms with van der Waals surface area (Å²) in [5, 5.41) is 9.13. The zero-order valence-corrected chi connectivity index (χ0v) is 15.6. The van der Waals surface area contributed by atoms with Crippen molar-refractivity contribution in [2.45, 2.75) is 6.92 Å². The van der Waals surface area contributed by atoms with E-state index in [9.17, 15) is 0 Å². The van der Waals surface area contributed by atoms with Gasteiger partial charge in [-0.1, -0.05) is 72.8 Å². The number of benzene rings is 3. The van der Waals surface area contributed by atoms with Gasteiger partial charge < -0.3 is 4.57 Å². The van der Waals surface area contributed by atoms with Gasteiger partial charge in [-0.3, -0.25) is 0 Å². The first-order chi connectivity index (χ1) is 13.8. The molecule has 0 N–H and O–H groups in total. The summed E-state index contributed by atoms with van der Waals surface area (Å²) in [6.45, 7) is 1.98. The first-order valence-corrected chi connectivity index (χ1v) is 9.13. The zero-order chi connectivity index (χ0) is 19.2. The maximum absolute atomic E-state index is 4.60. The van der Waals surface area contributed by atoms with Gasteiger partial charge in [0.05, 0.1) is 12.0 Å². The molecule has 4 nitrogen and oxygen atoms in total. The maximum atomic E-state index is 4.60. The van der Waals surface area contributed by atoms with Gasteiger partial charge in [-0.25, -0.2) is 4.98 Å². The fraction of sp³-hybridized carbons (Fsp3) is 0.0417. The van der Waals surface area contributed by atoms with Crippen LogP contribution in [0.15, 0.2) is 114 Å². The van der Waals surface area contributed by atoms with Crippen molar-refractivity contribution in [1.29, 1.82) is 0 Å². The molecule has 136 valence electrons. The highest BCUT2D eigenvalue weighted by Gasteiger charge is 2.06. The molecule has 0 aliphatic rings. The molecule has 1 aromatic heterocycles. The van der Waals surface area contributed by atoms with Crippen LogP contribution in [0.4, 0.5) is 0 Å². The van der Waals surface area contributed by atoms with E-state index < -0.39 is 0 Å². The van der Waals surface area contributed by atoms with Crippen LogP contribution in [0.2, 0.25) is 0 Å². The molecule has 4 rings (SSSR count). The van der Waals surface area contributed by atoms with E-state index in [0.717, 1.165) is 33.8 Å². The summed E-state index contributed by atoms with van der Waals surface area (Å²) in [7, 11) is 0. The quantitative estimate of drug-likeness (QED) is 0.357. The summed E-state index contributed by atoms with van der Waals surface area (Å²) in [5.41, 5.74) is 5.90. The van der Waals surface area contributed by atoms with Gasteiger partial charge in [0.25, 0.3) is 0 Å². The highest BCUT2D eigenvalue weighted by atomic mass is 15.2. The first-order valence-electron chi connectivity index (χ1n) is 9.13. The molecule has 0 aliphatic carbocycles. The molecule has 0 fully saturated rings. The number of imidazole rings is 1. The smallest absolute Gasteiger partial charge is 0.100 e. The molecule has 0 amide bonds. The summed E-state index contributed by atoms with van der Waals surface area (Å²) >= 11 is 0. The normalized spacial score (nSPS) is 11.2. The molecule has 4 aromatic rings. The Bertz CT molecular complexity index is 1040. The third kappa shape index (κ3) is 3.96. The second-order valence-corrected chi connectivity index (χ2v) is 6.38. The largest absolute Gasteiger partial charge is 0.306 e. The number of hydrogen-bond acceptors (Lipinski definition) is 3. The van der Waals surface area contributed by atoms with Crippen LogP contribution in [0.3, 0.4) is 0 Å². The molecular formula is C24H20N4. The molecule has 0 saturated heterocycles. The van der Waals surface area contributed by atoms with Crippen molar-refractivity contribution in [1.82, 2.24) is 9.55 Å². The molecule has 0 unspecified atom stereocenters. The lowest BCUT2D eigenvalue weighted by molar-refractivity contribution is 1.06. The predicted molar refractivity (Wildman–Crippen MR) is 114 cm³/mol. The maximum Gasteiger partial charge on any atom is 0.100 e. The van der Waals surface area contributed by atoms with E-state index in [1.165, 1.54) is 0 Å². The Hall–Kier alpha value is -3.79. The standard InChI is InChI=1S/C24H20N4/c1-19(20-12-14-23(15-13-20)28-17-16-25-18-28)26-27-24(21-8-4-2-5-9-21)22-10-6-3-7-11-22/h2-18H,1H3. The predicted octanol–water partition coefficient (Wildman–Crippen LogP) is 5.13. The number of aromatic nitrogens is 2. The Balaban J connectivity index is 1.66. The third-order valence-corrected chi connectivity index (χ3v) is 4.48. The SMILES string of the molecule is CC(=NN=C(c1ccccc1)c1ccccc1)c1ccc(-n2ccnc2)cc1. The summed E-state index contributed by atoms with van der Waals surface area (Å²) in [6.07, 6.45) is 5.47. The molecule has 0 radical (unpaired) electrons. The van der Waals surface area contributed by atoms with E-state index in [0.29, 0.717) is 0 Å². The van der Waals surface area contributed by atoms with E-state index >= 15 is 0 Å². The molecule has 0 spiro atoms. The minimum Gasteiger partial charge on any atom is -0.306 e. The molecule has 3 aromatic carbocycles. The van der Waals surface area contributed by atoms with Gasteiger partial charge in [0.1, 0.15) is 5.71 Å². The zero-order valence-electron chi connectivity index (χ0n) is 15.6. The Kier molecular flexibility index (Phi) is 5.20. The van der Waals surface area contributed by atoms with Crippen LogP contribution in [0.1, 0.15) is 23.6 Å². The number of nitrogens with zero attached hydrogens (tertiary/aromatic N) is 4. The lowest BCUT2D eigenvalue weighted by Gasteiger charge is -2.06. The summed E-state index contributed by atoms with van der Waals surface area (Å²) < 4.78 is 1.97. The van der Waals surface area contributed by atoms with Crippen LogP contribution in [-0.4, -0.2) is 21.0 Å². The van der Waals surface area contributed by atoms with Gasteiger partial charge in [0.2, 0.25) is 0 Å². The molecule has 1 heterocycles. The molecular weight excluding hydrogens is 344 g/mol. The molecule has 0 atom stereocenters. The van der Waals surface area contributed by atoms with Crippen LogP contribution in [0, 0.1) is 0 Å². The van der Waals surface area contributed by atoms with Crippen molar-refractivity contribution in [3.63, 3.8) is 0 Å². The van der Waals surface area contributed by atoms with Crippen molar-refractivity contribution < 1.29 is 0 Å². The average molecular weight is 364 g/mol. The Morgan fingerprint density at radius 3 is 1.86 bits per heavy atom. The Morgan fingerprint density at radius 1 is 0.714 bits per heavy atom. The average Bonchev–Trinajstić information content (AvgIpc) is 3.30. The molecule has 28 heavy (non-hydrogen) atoms. The fourth-order valence-electron chi connectivity index (χ4n) is 2.94. The van der Waals surface area contributed by atoms with Crippen LogP contribution >= 0.6 is 0 Å². The van der Waals surface area contributed by atoms with E-state index in [-0.39, 0.29) is 0 Å². The van der Waals surface area contributed by atoms with Crippen LogP contribution in [0.5, 0.6) is 0 Å². The fourth-order valence-corrected chi connectivity index (χ4v) is 2.94. The Morgan fingerprint density at radius 2 is 1.32 bits per heavy atom. The van der Waals surface area contributed by atoms with Gasteiger partial charge in [-0.15, -0.1) is 5.10 Å². The number of hydrogen-bond donors (Lipinski definition) is 0. The highest BCUT2D eigenvalue weighted by Crippen LogP contribution is 2.13. The van der Waals surface area contributed by atoms with Crippen LogP contribution < -0.4 is 0 Å². The van der Waals surface area contributed by atoms with Crippen molar-refractivity contribution >= 4 is 11.4 Å². The summed E-state index contributed by atoms with van der Waals surface area (Å²) in [5.74, 6) is 0. The Labute approximate surface area is 164 Å². The van der Waals surface area contributed by atoms with Crippen LogP contribution in [-0.2, 0) is 0 Å². The van der Waals surface area contributed by atoms with E-state index in [4.69, 9.17) is 0 Å². The van der Waals surface area contributed by atoms with Gasteiger partial charge in [0.15, 0.2) is 0 Å². The van der Waals surface area contributed by atoms with Gasteiger partial charge in [0, 0.05) is 29.2 Å². The van der Waals surface area contributed by atoms with Crippen molar-refractivity contribution in [2.75, 3.05) is 0 Å². The van der Waals surface area contributed by atoms with Crippen molar-refractivity contribution in [2.24, 2.45) is 10.2 Å². The molecule has 4 heteroatoms. The molecule has 0 saturated carbocycles. The van der Waals surface area contributed by atoms with E-state index in [2.05, 4.69) is 51.6 Å². The summed E-state index contributed by atoms with van der Waals surface area (Å²) in [4.78, 5) is 4.08. The molecule has 0 bridgehead atoms. The minimum atomic E-state index is 0.857. The number of rotatable bonds is 5. The van der Waals surface area contributed by atoms with Crippen molar-refractivity contribution in [3.8, 4) is 5.69 Å². The lowest BCUT2D eigenvalue weighted by Crippen LogP contribution is -2.03. The lowest BCUT2D eigenvalue weighted by atomic mass is 10.0. The van der Waals surface area contributed by atoms with E-state index in [1.54, 1.807) is 12.5 Å². The monoisotopic (exact) mass is 364 g/mol. The second kappa shape index (κ2) is 8.27. The van der Waals surface area contributed by atoms with Crippen molar-refractivity contribution in [3.05, 3.63) is 120 Å². The topological polar surface area (TPSA) is 42.5 Å². The second-order valence-electron chi connectivity index (χ2n) is 6.38. The summed E-state index contributed by atoms with van der Waals surface area (Å²) in [6, 6.07) is 28.5. The third-order valence-electron chi connectivity index (χ3n) is 4.48. The molecule has 0 aliphatic heterocycles. The van der Waals surface area contributed by atoms with Gasteiger partial charge in [-0.05, 0) is 24.6 Å².